The summed E-state index contributed by atoms with van der Waals surface area (Å²) in [6.07, 6.45) is 2.57. The molecular formula is C15H20BrNO4. The third-order valence-electron chi connectivity index (χ3n) is 4.00. The lowest BCUT2D eigenvalue weighted by Gasteiger charge is -2.35. The molecule has 1 saturated heterocycles. The molecule has 1 aliphatic rings. The molecule has 116 valence electrons. The molecule has 0 unspecified atom stereocenters. The Kier molecular flexibility index (Phi) is 5.58. The van der Waals surface area contributed by atoms with Gasteiger partial charge in [-0.3, -0.25) is 10.1 Å². The summed E-state index contributed by atoms with van der Waals surface area (Å²) in [6.45, 7) is 3.87. The minimum absolute atomic E-state index is 0.00442. The lowest BCUT2D eigenvalue weighted by Crippen LogP contribution is -2.36. The van der Waals surface area contributed by atoms with Gasteiger partial charge >= 0.3 is 5.69 Å². The van der Waals surface area contributed by atoms with Gasteiger partial charge in [0.1, 0.15) is 0 Å². The monoisotopic (exact) mass is 357 g/mol. The smallest absolute Gasteiger partial charge is 0.311 e. The topological polar surface area (TPSA) is 61.6 Å². The maximum absolute atomic E-state index is 11.2. The second-order valence-electron chi connectivity index (χ2n) is 5.45. The van der Waals surface area contributed by atoms with Crippen LogP contribution in [0.2, 0.25) is 0 Å². The summed E-state index contributed by atoms with van der Waals surface area (Å²) in [5.41, 5.74) is 0.983. The van der Waals surface area contributed by atoms with E-state index in [2.05, 4.69) is 15.9 Å². The van der Waals surface area contributed by atoms with Crippen molar-refractivity contribution in [3.63, 3.8) is 0 Å². The standard InChI is InChI=1S/C15H20BrNO4/c1-2-12-3-4-14(13(9-12)17(18)19)21-11-15(10-16)5-7-20-8-6-15/h3-4,9H,2,5-8,10-11H2,1H3. The van der Waals surface area contributed by atoms with Crippen molar-refractivity contribution in [1.82, 2.24) is 0 Å². The minimum atomic E-state index is -0.376. The first kappa shape index (κ1) is 16.2. The molecule has 2 rings (SSSR count). The van der Waals surface area contributed by atoms with Gasteiger partial charge in [-0.15, -0.1) is 0 Å². The van der Waals surface area contributed by atoms with E-state index in [1.807, 2.05) is 13.0 Å². The van der Waals surface area contributed by atoms with Crippen LogP contribution in [0.1, 0.15) is 25.3 Å². The van der Waals surface area contributed by atoms with Crippen LogP contribution in [0.4, 0.5) is 5.69 Å². The Bertz CT molecular complexity index is 500. The molecule has 0 aromatic heterocycles. The molecule has 1 heterocycles. The van der Waals surface area contributed by atoms with Gasteiger partial charge in [0, 0.05) is 30.0 Å². The molecule has 1 fully saturated rings. The molecule has 6 heteroatoms. The Morgan fingerprint density at radius 1 is 1.43 bits per heavy atom. The number of nitro benzene ring substituents is 1. The highest BCUT2D eigenvalue weighted by Gasteiger charge is 2.33. The first-order chi connectivity index (χ1) is 10.1. The van der Waals surface area contributed by atoms with Crippen LogP contribution in [0, 0.1) is 15.5 Å². The van der Waals surface area contributed by atoms with Crippen LogP contribution < -0.4 is 4.74 Å². The number of benzene rings is 1. The fraction of sp³-hybridized carbons (Fsp3) is 0.600. The van der Waals surface area contributed by atoms with Crippen molar-refractivity contribution in [3.05, 3.63) is 33.9 Å². The maximum Gasteiger partial charge on any atom is 0.311 e. The molecule has 0 radical (unpaired) electrons. The zero-order chi connectivity index (χ0) is 15.3. The predicted molar refractivity (Wildman–Crippen MR) is 84.2 cm³/mol. The molecule has 0 spiro atoms. The molecule has 0 saturated carbocycles. The summed E-state index contributed by atoms with van der Waals surface area (Å²) in [5.74, 6) is 0.351. The summed E-state index contributed by atoms with van der Waals surface area (Å²) in [4.78, 5) is 10.8. The largest absolute Gasteiger partial charge is 0.486 e. The molecule has 0 amide bonds. The molecule has 0 N–H and O–H groups in total. The van der Waals surface area contributed by atoms with E-state index in [4.69, 9.17) is 9.47 Å². The normalized spacial score (nSPS) is 17.4. The Morgan fingerprint density at radius 2 is 2.14 bits per heavy atom. The Morgan fingerprint density at radius 3 is 2.71 bits per heavy atom. The van der Waals surface area contributed by atoms with Crippen LogP contribution in [-0.2, 0) is 11.2 Å². The summed E-state index contributed by atoms with van der Waals surface area (Å²) in [6, 6.07) is 5.19. The van der Waals surface area contributed by atoms with E-state index in [1.54, 1.807) is 12.1 Å². The van der Waals surface area contributed by atoms with Crippen LogP contribution in [0.3, 0.4) is 0 Å². The number of aryl methyl sites for hydroxylation is 1. The zero-order valence-corrected chi connectivity index (χ0v) is 13.7. The quantitative estimate of drug-likeness (QED) is 0.442. The van der Waals surface area contributed by atoms with Crippen molar-refractivity contribution in [3.8, 4) is 5.75 Å². The van der Waals surface area contributed by atoms with Gasteiger partial charge in [-0.2, -0.15) is 0 Å². The van der Waals surface area contributed by atoms with E-state index >= 15 is 0 Å². The van der Waals surface area contributed by atoms with Crippen molar-refractivity contribution in [2.24, 2.45) is 5.41 Å². The Balaban J connectivity index is 2.13. The van der Waals surface area contributed by atoms with Crippen LogP contribution >= 0.6 is 15.9 Å². The third-order valence-corrected chi connectivity index (χ3v) is 5.19. The number of nitrogens with zero attached hydrogens (tertiary/aromatic N) is 1. The lowest BCUT2D eigenvalue weighted by atomic mass is 9.83. The zero-order valence-electron chi connectivity index (χ0n) is 12.1. The highest BCUT2D eigenvalue weighted by molar-refractivity contribution is 9.09. The number of halogens is 1. The predicted octanol–water partition coefficient (Wildman–Crippen LogP) is 3.73. The molecular weight excluding hydrogens is 338 g/mol. The van der Waals surface area contributed by atoms with E-state index in [-0.39, 0.29) is 16.0 Å². The molecule has 21 heavy (non-hydrogen) atoms. The van der Waals surface area contributed by atoms with E-state index < -0.39 is 0 Å². The van der Waals surface area contributed by atoms with Gasteiger partial charge in [-0.25, -0.2) is 0 Å². The second-order valence-corrected chi connectivity index (χ2v) is 6.01. The van der Waals surface area contributed by atoms with Crippen LogP contribution in [0.15, 0.2) is 18.2 Å². The molecule has 5 nitrogen and oxygen atoms in total. The van der Waals surface area contributed by atoms with Crippen LogP contribution in [-0.4, -0.2) is 30.1 Å². The van der Waals surface area contributed by atoms with E-state index in [1.165, 1.54) is 0 Å². The van der Waals surface area contributed by atoms with Gasteiger partial charge in [0.05, 0.1) is 11.5 Å². The number of rotatable bonds is 6. The fourth-order valence-corrected chi connectivity index (χ4v) is 3.12. The average molecular weight is 358 g/mol. The number of hydrogen-bond acceptors (Lipinski definition) is 4. The highest BCUT2D eigenvalue weighted by atomic mass is 79.9. The lowest BCUT2D eigenvalue weighted by molar-refractivity contribution is -0.386. The van der Waals surface area contributed by atoms with Gasteiger partial charge in [-0.05, 0) is 30.9 Å². The van der Waals surface area contributed by atoms with Crippen molar-refractivity contribution < 1.29 is 14.4 Å². The minimum Gasteiger partial charge on any atom is -0.486 e. The van der Waals surface area contributed by atoms with Gasteiger partial charge in [0.25, 0.3) is 0 Å². The first-order valence-corrected chi connectivity index (χ1v) is 8.26. The van der Waals surface area contributed by atoms with Crippen LogP contribution in [0.5, 0.6) is 5.75 Å². The molecule has 1 aromatic rings. The second kappa shape index (κ2) is 7.22. The van der Waals surface area contributed by atoms with Crippen LogP contribution in [0.25, 0.3) is 0 Å². The third kappa shape index (κ3) is 3.95. The van der Waals surface area contributed by atoms with Gasteiger partial charge in [-0.1, -0.05) is 28.9 Å². The van der Waals surface area contributed by atoms with Crippen molar-refractivity contribution in [2.45, 2.75) is 26.2 Å². The fourth-order valence-electron chi connectivity index (χ4n) is 2.40. The van der Waals surface area contributed by atoms with Crippen molar-refractivity contribution in [2.75, 3.05) is 25.2 Å². The first-order valence-electron chi connectivity index (χ1n) is 7.14. The van der Waals surface area contributed by atoms with Crippen molar-refractivity contribution in [1.29, 1.82) is 0 Å². The summed E-state index contributed by atoms with van der Waals surface area (Å²) in [5, 5.41) is 12.0. The molecule has 0 atom stereocenters. The average Bonchev–Trinajstić information content (AvgIpc) is 2.53. The number of nitro groups is 1. The number of ether oxygens (including phenoxy) is 2. The summed E-state index contributed by atoms with van der Waals surface area (Å²) < 4.78 is 11.2. The molecule has 1 aromatic carbocycles. The van der Waals surface area contributed by atoms with E-state index in [0.717, 1.165) is 30.2 Å². The number of alkyl halides is 1. The van der Waals surface area contributed by atoms with Crippen molar-refractivity contribution >= 4 is 21.6 Å². The molecule has 1 aliphatic heterocycles. The maximum atomic E-state index is 11.2. The highest BCUT2D eigenvalue weighted by Crippen LogP contribution is 2.35. The summed E-state index contributed by atoms with van der Waals surface area (Å²) >= 11 is 3.54. The Hall–Kier alpha value is -1.14. The SMILES string of the molecule is CCc1ccc(OCC2(CBr)CCOCC2)c([N+](=O)[O-])c1. The van der Waals surface area contributed by atoms with E-state index in [0.29, 0.717) is 25.6 Å². The van der Waals surface area contributed by atoms with Gasteiger partial charge < -0.3 is 9.47 Å². The molecule has 0 bridgehead atoms. The number of hydrogen-bond donors (Lipinski definition) is 0. The summed E-state index contributed by atoms with van der Waals surface area (Å²) in [7, 11) is 0. The van der Waals surface area contributed by atoms with Gasteiger partial charge in [0.15, 0.2) is 5.75 Å². The molecule has 0 aliphatic carbocycles. The van der Waals surface area contributed by atoms with Gasteiger partial charge in [0.2, 0.25) is 0 Å². The van der Waals surface area contributed by atoms with E-state index in [9.17, 15) is 10.1 Å². The Labute approximate surface area is 132 Å².